The van der Waals surface area contributed by atoms with Gasteiger partial charge in [-0.1, -0.05) is 85.7 Å². The van der Waals surface area contributed by atoms with Gasteiger partial charge >= 0.3 is 0 Å². The molecule has 2 aromatic rings. The van der Waals surface area contributed by atoms with Gasteiger partial charge in [0, 0.05) is 48.6 Å². The topological polar surface area (TPSA) is 55.3 Å². The third-order valence-corrected chi connectivity index (χ3v) is 8.75. The van der Waals surface area contributed by atoms with Gasteiger partial charge < -0.3 is 9.80 Å². The van der Waals surface area contributed by atoms with Crippen LogP contribution in [0.3, 0.4) is 0 Å². The van der Waals surface area contributed by atoms with E-state index in [9.17, 15) is 0 Å². The SMILES string of the molecule is CCN(C)C(=S)N/N=C(/c1ccccc1SSc1ccccc1/C(=N/NC(=S)N(C)C)C(C)C)C(C)C. The predicted molar refractivity (Wildman–Crippen MR) is 171 cm³/mol. The number of hydrogen-bond donors (Lipinski definition) is 2. The van der Waals surface area contributed by atoms with Crippen molar-refractivity contribution >= 4 is 67.7 Å². The summed E-state index contributed by atoms with van der Waals surface area (Å²) in [6.07, 6.45) is 0. The molecule has 0 spiro atoms. The monoisotopic (exact) mass is 574 g/mol. The molecule has 0 unspecified atom stereocenters. The molecule has 0 aliphatic heterocycles. The maximum Gasteiger partial charge on any atom is 0.189 e. The number of rotatable bonds is 10. The fourth-order valence-electron chi connectivity index (χ4n) is 3.14. The van der Waals surface area contributed by atoms with Gasteiger partial charge in [0.25, 0.3) is 0 Å². The molecule has 0 aliphatic carbocycles. The standard InChI is InChI=1S/C27H38N6S4/c1-9-33(8)27(35)31-29-25(19(4)5)21-15-11-13-17-23(21)37-36-22-16-12-10-14-20(22)24(18(2)3)28-30-26(34)32(6)7/h10-19H,9H2,1-8H3,(H,30,34)(H,31,35)/b28-24+,29-25+. The van der Waals surface area contributed by atoms with Crippen LogP contribution in [0.2, 0.25) is 0 Å². The van der Waals surface area contributed by atoms with Crippen LogP contribution >= 0.6 is 46.0 Å². The lowest BCUT2D eigenvalue weighted by molar-refractivity contribution is 0.524. The highest BCUT2D eigenvalue weighted by Gasteiger charge is 2.18. The summed E-state index contributed by atoms with van der Waals surface area (Å²) in [5, 5.41) is 10.6. The number of thiocarbonyl (C=S) groups is 2. The largest absolute Gasteiger partial charge is 0.354 e. The molecule has 2 aromatic carbocycles. The molecular weight excluding hydrogens is 537 g/mol. The third kappa shape index (κ3) is 9.28. The predicted octanol–water partition coefficient (Wildman–Crippen LogP) is 6.47. The zero-order chi connectivity index (χ0) is 27.5. The minimum absolute atomic E-state index is 0.215. The Labute approximate surface area is 241 Å². The second kappa shape index (κ2) is 15.3. The summed E-state index contributed by atoms with van der Waals surface area (Å²) in [4.78, 5) is 6.07. The van der Waals surface area contributed by atoms with E-state index >= 15 is 0 Å². The summed E-state index contributed by atoms with van der Waals surface area (Å²) in [6.45, 7) is 11.5. The van der Waals surface area contributed by atoms with Crippen molar-refractivity contribution in [3.63, 3.8) is 0 Å². The molecule has 0 radical (unpaired) electrons. The molecule has 0 atom stereocenters. The molecule has 2 N–H and O–H groups in total. The average Bonchev–Trinajstić information content (AvgIpc) is 2.87. The van der Waals surface area contributed by atoms with Gasteiger partial charge in [0.05, 0.1) is 11.4 Å². The van der Waals surface area contributed by atoms with Crippen molar-refractivity contribution in [2.45, 2.75) is 44.4 Å². The van der Waals surface area contributed by atoms with Crippen LogP contribution < -0.4 is 10.9 Å². The average molecular weight is 575 g/mol. The van der Waals surface area contributed by atoms with Gasteiger partial charge in [-0.3, -0.25) is 10.9 Å². The van der Waals surface area contributed by atoms with Crippen LogP contribution in [0.1, 0.15) is 45.7 Å². The number of benzene rings is 2. The van der Waals surface area contributed by atoms with Crippen LogP contribution in [0, 0.1) is 11.8 Å². The Kier molecular flexibility index (Phi) is 12.9. The Morgan fingerprint density at radius 3 is 1.54 bits per heavy atom. The number of hydrogen-bond acceptors (Lipinski definition) is 6. The first kappa shape index (κ1) is 31.1. The zero-order valence-corrected chi connectivity index (χ0v) is 26.2. The van der Waals surface area contributed by atoms with E-state index in [0.717, 1.165) is 38.9 Å². The molecule has 0 heterocycles. The van der Waals surface area contributed by atoms with Crippen molar-refractivity contribution in [2.75, 3.05) is 27.7 Å². The van der Waals surface area contributed by atoms with Crippen LogP contribution in [0.5, 0.6) is 0 Å². The highest BCUT2D eigenvalue weighted by atomic mass is 33.1. The van der Waals surface area contributed by atoms with Crippen molar-refractivity contribution in [2.24, 2.45) is 22.0 Å². The highest BCUT2D eigenvalue weighted by molar-refractivity contribution is 8.76. The smallest absolute Gasteiger partial charge is 0.189 e. The van der Waals surface area contributed by atoms with Crippen LogP contribution in [0.15, 0.2) is 68.5 Å². The number of nitrogens with one attached hydrogen (secondary N) is 2. The Morgan fingerprint density at radius 1 is 0.757 bits per heavy atom. The van der Waals surface area contributed by atoms with E-state index in [1.54, 1.807) is 21.6 Å². The zero-order valence-electron chi connectivity index (χ0n) is 22.9. The van der Waals surface area contributed by atoms with Crippen molar-refractivity contribution in [3.8, 4) is 0 Å². The molecule has 200 valence electrons. The van der Waals surface area contributed by atoms with Gasteiger partial charge in [-0.2, -0.15) is 10.2 Å². The van der Waals surface area contributed by atoms with Crippen molar-refractivity contribution in [3.05, 3.63) is 59.7 Å². The first-order valence-electron chi connectivity index (χ1n) is 12.2. The molecule has 37 heavy (non-hydrogen) atoms. The van der Waals surface area contributed by atoms with Crippen LogP contribution in [-0.4, -0.2) is 59.1 Å². The van der Waals surface area contributed by atoms with Crippen molar-refractivity contribution < 1.29 is 0 Å². The lowest BCUT2D eigenvalue weighted by Gasteiger charge is -2.19. The Morgan fingerprint density at radius 2 is 1.16 bits per heavy atom. The molecular formula is C27H38N6S4. The summed E-state index contributed by atoms with van der Waals surface area (Å²) in [5.74, 6) is 0.430. The van der Waals surface area contributed by atoms with E-state index < -0.39 is 0 Å². The molecule has 0 aliphatic rings. The van der Waals surface area contributed by atoms with E-state index in [0.29, 0.717) is 10.2 Å². The number of hydrazone groups is 2. The molecule has 0 amide bonds. The second-order valence-corrected chi connectivity index (χ2v) is 12.2. The van der Waals surface area contributed by atoms with Crippen LogP contribution in [0.25, 0.3) is 0 Å². The van der Waals surface area contributed by atoms with Gasteiger partial charge in [0.2, 0.25) is 0 Å². The fraction of sp³-hybridized carbons (Fsp3) is 0.407. The van der Waals surface area contributed by atoms with Gasteiger partial charge in [0.1, 0.15) is 0 Å². The Hall–Kier alpha value is -2.14. The van der Waals surface area contributed by atoms with Gasteiger partial charge in [-0.25, -0.2) is 0 Å². The van der Waals surface area contributed by atoms with E-state index in [1.165, 1.54) is 0 Å². The van der Waals surface area contributed by atoms with Gasteiger partial charge in [0.15, 0.2) is 10.2 Å². The summed E-state index contributed by atoms with van der Waals surface area (Å²) >= 11 is 10.8. The Bertz CT molecular complexity index is 1130. The van der Waals surface area contributed by atoms with Gasteiger partial charge in [-0.05, 0) is 55.3 Å². The maximum absolute atomic E-state index is 5.46. The summed E-state index contributed by atoms with van der Waals surface area (Å²) < 4.78 is 0. The highest BCUT2D eigenvalue weighted by Crippen LogP contribution is 2.41. The van der Waals surface area contributed by atoms with Crippen LogP contribution in [-0.2, 0) is 0 Å². The van der Waals surface area contributed by atoms with Crippen LogP contribution in [0.4, 0.5) is 0 Å². The molecule has 6 nitrogen and oxygen atoms in total. The molecule has 0 aromatic heterocycles. The molecule has 2 rings (SSSR count). The molecule has 0 fully saturated rings. The van der Waals surface area contributed by atoms with Gasteiger partial charge in [-0.15, -0.1) is 0 Å². The lowest BCUT2D eigenvalue weighted by atomic mass is 10.0. The quantitative estimate of drug-likeness (QED) is 0.145. The maximum atomic E-state index is 5.46. The molecule has 0 saturated carbocycles. The lowest BCUT2D eigenvalue weighted by Crippen LogP contribution is -2.35. The second-order valence-electron chi connectivity index (χ2n) is 9.20. The van der Waals surface area contributed by atoms with E-state index in [4.69, 9.17) is 29.5 Å². The Balaban J connectivity index is 2.35. The van der Waals surface area contributed by atoms with Crippen molar-refractivity contribution in [1.29, 1.82) is 0 Å². The number of nitrogens with zero attached hydrogens (tertiary/aromatic N) is 4. The first-order valence-corrected chi connectivity index (χ1v) is 15.2. The summed E-state index contributed by atoms with van der Waals surface area (Å²) in [7, 11) is 9.19. The van der Waals surface area contributed by atoms with E-state index in [-0.39, 0.29) is 11.8 Å². The summed E-state index contributed by atoms with van der Waals surface area (Å²) in [5.41, 5.74) is 10.2. The molecule has 0 saturated heterocycles. The normalized spacial score (nSPS) is 12.1. The molecule has 0 bridgehead atoms. The summed E-state index contributed by atoms with van der Waals surface area (Å²) in [6, 6.07) is 16.7. The minimum Gasteiger partial charge on any atom is -0.354 e. The third-order valence-electron chi connectivity index (χ3n) is 5.41. The minimum atomic E-state index is 0.215. The first-order chi connectivity index (χ1) is 17.6. The molecule has 10 heteroatoms. The fourth-order valence-corrected chi connectivity index (χ4v) is 5.74. The van der Waals surface area contributed by atoms with E-state index in [1.807, 2.05) is 37.0 Å². The van der Waals surface area contributed by atoms with Crippen molar-refractivity contribution in [1.82, 2.24) is 20.7 Å². The van der Waals surface area contributed by atoms with E-state index in [2.05, 4.69) is 93.0 Å².